The van der Waals surface area contributed by atoms with Crippen LogP contribution in [0.25, 0.3) is 0 Å². The van der Waals surface area contributed by atoms with Crippen LogP contribution >= 0.6 is 0 Å². The number of methoxy groups -OCH3 is 2. The van der Waals surface area contributed by atoms with Gasteiger partial charge in [-0.05, 0) is 36.2 Å². The van der Waals surface area contributed by atoms with Crippen molar-refractivity contribution < 1.29 is 19.1 Å². The minimum absolute atomic E-state index is 0.00306. The predicted octanol–water partition coefficient (Wildman–Crippen LogP) is 2.87. The van der Waals surface area contributed by atoms with E-state index >= 15 is 0 Å². The van der Waals surface area contributed by atoms with Gasteiger partial charge in [-0.2, -0.15) is 0 Å². The highest BCUT2D eigenvalue weighted by atomic mass is 16.5. The molecule has 0 aromatic heterocycles. The number of carbonyl (C=O) groups is 2. The third kappa shape index (κ3) is 3.15. The van der Waals surface area contributed by atoms with Crippen molar-refractivity contribution in [3.05, 3.63) is 47.5 Å². The number of amides is 2. The zero-order valence-corrected chi connectivity index (χ0v) is 14.5. The second-order valence-electron chi connectivity index (χ2n) is 5.76. The summed E-state index contributed by atoms with van der Waals surface area (Å²) in [6.45, 7) is 2.22. The fourth-order valence-corrected chi connectivity index (χ4v) is 3.05. The summed E-state index contributed by atoms with van der Waals surface area (Å²) in [5, 5.41) is 2.86. The largest absolute Gasteiger partial charge is 0.493 e. The third-order valence-corrected chi connectivity index (χ3v) is 4.27. The maximum absolute atomic E-state index is 12.7. The number of ether oxygens (including phenoxy) is 2. The van der Waals surface area contributed by atoms with Gasteiger partial charge in [-0.25, -0.2) is 0 Å². The van der Waals surface area contributed by atoms with Crippen molar-refractivity contribution in [3.8, 4) is 11.5 Å². The molecule has 25 heavy (non-hydrogen) atoms. The Morgan fingerprint density at radius 1 is 1.12 bits per heavy atom. The number of para-hydroxylation sites is 1. The van der Waals surface area contributed by atoms with E-state index in [1.807, 2.05) is 18.2 Å². The molecule has 0 spiro atoms. The normalized spacial score (nSPS) is 12.5. The Kier molecular flexibility index (Phi) is 4.61. The zero-order chi connectivity index (χ0) is 18.0. The van der Waals surface area contributed by atoms with Crippen LogP contribution in [0.15, 0.2) is 36.4 Å². The lowest BCUT2D eigenvalue weighted by Gasteiger charge is -2.16. The number of carbonyl (C=O) groups excluding carboxylic acids is 2. The minimum Gasteiger partial charge on any atom is -0.493 e. The number of hydrogen-bond acceptors (Lipinski definition) is 4. The molecule has 0 saturated carbocycles. The van der Waals surface area contributed by atoms with Gasteiger partial charge in [-0.3, -0.25) is 9.59 Å². The Bertz CT molecular complexity index is 832. The number of anilines is 2. The number of rotatable bonds is 4. The zero-order valence-electron chi connectivity index (χ0n) is 14.5. The van der Waals surface area contributed by atoms with Crippen LogP contribution in [-0.2, 0) is 11.2 Å². The van der Waals surface area contributed by atoms with E-state index in [1.165, 1.54) is 14.2 Å². The Balaban J connectivity index is 1.88. The predicted molar refractivity (Wildman–Crippen MR) is 95.7 cm³/mol. The van der Waals surface area contributed by atoms with Gasteiger partial charge in [0.25, 0.3) is 5.91 Å². The van der Waals surface area contributed by atoms with Crippen LogP contribution in [0.5, 0.6) is 11.5 Å². The van der Waals surface area contributed by atoms with Gasteiger partial charge in [-0.1, -0.05) is 12.1 Å². The molecule has 0 radical (unpaired) electrons. The molecule has 0 atom stereocenters. The van der Waals surface area contributed by atoms with Gasteiger partial charge in [0.1, 0.15) is 0 Å². The van der Waals surface area contributed by atoms with Gasteiger partial charge in [0, 0.05) is 24.8 Å². The topological polar surface area (TPSA) is 67.9 Å². The molecular weight excluding hydrogens is 320 g/mol. The summed E-state index contributed by atoms with van der Waals surface area (Å²) in [6.07, 6.45) is 0.826. The van der Waals surface area contributed by atoms with Crippen molar-refractivity contribution in [2.45, 2.75) is 13.3 Å². The van der Waals surface area contributed by atoms with E-state index in [0.29, 0.717) is 29.3 Å². The molecule has 2 amide bonds. The average Bonchev–Trinajstić information content (AvgIpc) is 3.04. The van der Waals surface area contributed by atoms with E-state index in [0.717, 1.165) is 17.7 Å². The maximum Gasteiger partial charge on any atom is 0.259 e. The lowest BCUT2D eigenvalue weighted by Crippen LogP contribution is -2.25. The van der Waals surface area contributed by atoms with Gasteiger partial charge in [-0.15, -0.1) is 0 Å². The first-order chi connectivity index (χ1) is 12.0. The van der Waals surface area contributed by atoms with E-state index in [1.54, 1.807) is 30.0 Å². The molecule has 1 N–H and O–H groups in total. The number of nitrogens with zero attached hydrogens (tertiary/aromatic N) is 1. The SMILES string of the molecule is COc1cccc(C(=O)Nc2ccc3c(c2)N(C(C)=O)CC3)c1OC. The molecule has 6 nitrogen and oxygen atoms in total. The van der Waals surface area contributed by atoms with Crippen LogP contribution in [-0.4, -0.2) is 32.6 Å². The highest BCUT2D eigenvalue weighted by Gasteiger charge is 2.23. The molecule has 0 bridgehead atoms. The van der Waals surface area contributed by atoms with Gasteiger partial charge in [0.05, 0.1) is 19.8 Å². The summed E-state index contributed by atoms with van der Waals surface area (Å²) in [6, 6.07) is 10.7. The van der Waals surface area contributed by atoms with Crippen LogP contribution < -0.4 is 19.7 Å². The van der Waals surface area contributed by atoms with E-state index in [2.05, 4.69) is 5.32 Å². The molecule has 1 heterocycles. The lowest BCUT2D eigenvalue weighted by molar-refractivity contribution is -0.116. The maximum atomic E-state index is 12.7. The molecule has 6 heteroatoms. The summed E-state index contributed by atoms with van der Waals surface area (Å²) in [5.41, 5.74) is 2.96. The van der Waals surface area contributed by atoms with Crippen molar-refractivity contribution >= 4 is 23.2 Å². The summed E-state index contributed by atoms with van der Waals surface area (Å²) < 4.78 is 10.5. The quantitative estimate of drug-likeness (QED) is 0.929. The minimum atomic E-state index is -0.303. The van der Waals surface area contributed by atoms with Crippen molar-refractivity contribution in [1.29, 1.82) is 0 Å². The molecule has 130 valence electrons. The second-order valence-corrected chi connectivity index (χ2v) is 5.76. The van der Waals surface area contributed by atoms with E-state index in [-0.39, 0.29) is 11.8 Å². The Morgan fingerprint density at radius 3 is 2.60 bits per heavy atom. The smallest absolute Gasteiger partial charge is 0.259 e. The summed E-state index contributed by atoms with van der Waals surface area (Å²) in [4.78, 5) is 26.1. The van der Waals surface area contributed by atoms with Crippen LogP contribution in [0.4, 0.5) is 11.4 Å². The highest BCUT2D eigenvalue weighted by molar-refractivity contribution is 6.07. The Hall–Kier alpha value is -3.02. The Labute approximate surface area is 146 Å². The first-order valence-corrected chi connectivity index (χ1v) is 7.98. The molecule has 2 aromatic carbocycles. The van der Waals surface area contributed by atoms with Crippen molar-refractivity contribution in [1.82, 2.24) is 0 Å². The van der Waals surface area contributed by atoms with Crippen molar-refractivity contribution in [2.75, 3.05) is 31.0 Å². The van der Waals surface area contributed by atoms with Crippen molar-refractivity contribution in [2.24, 2.45) is 0 Å². The Morgan fingerprint density at radius 2 is 1.92 bits per heavy atom. The standard InChI is InChI=1S/C19H20N2O4/c1-12(22)21-10-9-13-7-8-14(11-16(13)21)20-19(23)15-5-4-6-17(24-2)18(15)25-3/h4-8,11H,9-10H2,1-3H3,(H,20,23). The molecular formula is C19H20N2O4. The van der Waals surface area contributed by atoms with E-state index in [9.17, 15) is 9.59 Å². The molecule has 0 unspecified atom stereocenters. The van der Waals surface area contributed by atoms with Crippen LogP contribution in [0.2, 0.25) is 0 Å². The number of fused-ring (bicyclic) bond motifs is 1. The number of nitrogens with one attached hydrogen (secondary N) is 1. The molecule has 0 saturated heterocycles. The van der Waals surface area contributed by atoms with Gasteiger partial charge >= 0.3 is 0 Å². The van der Waals surface area contributed by atoms with Gasteiger partial charge < -0.3 is 19.7 Å². The molecule has 1 aliphatic heterocycles. The lowest BCUT2D eigenvalue weighted by atomic mass is 10.1. The van der Waals surface area contributed by atoms with Crippen LogP contribution in [0.3, 0.4) is 0 Å². The number of benzene rings is 2. The summed E-state index contributed by atoms with van der Waals surface area (Å²) >= 11 is 0. The fourth-order valence-electron chi connectivity index (χ4n) is 3.05. The fraction of sp³-hybridized carbons (Fsp3) is 0.263. The first kappa shape index (κ1) is 16.8. The monoisotopic (exact) mass is 340 g/mol. The molecule has 2 aromatic rings. The first-order valence-electron chi connectivity index (χ1n) is 7.98. The number of hydrogen-bond donors (Lipinski definition) is 1. The van der Waals surface area contributed by atoms with Crippen LogP contribution in [0, 0.1) is 0 Å². The molecule has 0 aliphatic carbocycles. The van der Waals surface area contributed by atoms with E-state index in [4.69, 9.17) is 9.47 Å². The van der Waals surface area contributed by atoms with E-state index < -0.39 is 0 Å². The summed E-state index contributed by atoms with van der Waals surface area (Å²) in [5.74, 6) is 0.570. The molecule has 0 fully saturated rings. The summed E-state index contributed by atoms with van der Waals surface area (Å²) in [7, 11) is 3.02. The van der Waals surface area contributed by atoms with Gasteiger partial charge in [0.15, 0.2) is 11.5 Å². The third-order valence-electron chi connectivity index (χ3n) is 4.27. The highest BCUT2D eigenvalue weighted by Crippen LogP contribution is 2.33. The molecule has 3 rings (SSSR count). The molecule has 1 aliphatic rings. The van der Waals surface area contributed by atoms with Gasteiger partial charge in [0.2, 0.25) is 5.91 Å². The second kappa shape index (κ2) is 6.84. The van der Waals surface area contributed by atoms with Crippen molar-refractivity contribution in [3.63, 3.8) is 0 Å². The average molecular weight is 340 g/mol. The van der Waals surface area contributed by atoms with Crippen LogP contribution in [0.1, 0.15) is 22.8 Å².